The molecule has 1 unspecified atom stereocenters. The molecule has 3 heteroatoms. The van der Waals surface area contributed by atoms with E-state index in [0.29, 0.717) is 0 Å². The van der Waals surface area contributed by atoms with Gasteiger partial charge >= 0.3 is 0 Å². The highest BCUT2D eigenvalue weighted by Gasteiger charge is 2.15. The first-order valence-electron chi connectivity index (χ1n) is 5.73. The van der Waals surface area contributed by atoms with Crippen molar-refractivity contribution in [1.29, 1.82) is 0 Å². The minimum Gasteiger partial charge on any atom is -0.496 e. The van der Waals surface area contributed by atoms with Crippen LogP contribution in [0.4, 0.5) is 0 Å². The monoisotopic (exact) mass is 247 g/mol. The summed E-state index contributed by atoms with van der Waals surface area (Å²) in [5.74, 6) is 0.853. The molecule has 0 bridgehead atoms. The minimum absolute atomic E-state index is 0.101. The molecule has 2 rings (SSSR count). The molecule has 0 spiro atoms. The molecule has 1 atom stereocenters. The molecule has 0 fully saturated rings. The van der Waals surface area contributed by atoms with Crippen LogP contribution in [0, 0.1) is 0 Å². The first kappa shape index (κ1) is 12.1. The Morgan fingerprint density at radius 2 is 2.00 bits per heavy atom. The van der Waals surface area contributed by atoms with E-state index < -0.39 is 0 Å². The lowest BCUT2D eigenvalue weighted by Gasteiger charge is -2.14. The summed E-state index contributed by atoms with van der Waals surface area (Å²) in [6.07, 6.45) is 1.06. The van der Waals surface area contributed by atoms with Gasteiger partial charge in [-0.3, -0.25) is 0 Å². The van der Waals surface area contributed by atoms with Gasteiger partial charge in [-0.1, -0.05) is 25.1 Å². The van der Waals surface area contributed by atoms with Crippen LogP contribution >= 0.6 is 11.3 Å². The maximum absolute atomic E-state index is 6.29. The molecule has 2 aromatic rings. The number of benzene rings is 1. The maximum Gasteiger partial charge on any atom is 0.124 e. The molecule has 0 aliphatic heterocycles. The van der Waals surface area contributed by atoms with E-state index in [1.807, 2.05) is 24.3 Å². The summed E-state index contributed by atoms with van der Waals surface area (Å²) < 4.78 is 5.35. The molecule has 90 valence electrons. The molecule has 2 nitrogen and oxygen atoms in total. The summed E-state index contributed by atoms with van der Waals surface area (Å²) in [5.41, 5.74) is 7.33. The van der Waals surface area contributed by atoms with Crippen LogP contribution in [0.5, 0.6) is 5.75 Å². The topological polar surface area (TPSA) is 35.2 Å². The van der Waals surface area contributed by atoms with Gasteiger partial charge in [0.1, 0.15) is 5.75 Å². The largest absolute Gasteiger partial charge is 0.496 e. The van der Waals surface area contributed by atoms with Crippen molar-refractivity contribution in [2.45, 2.75) is 19.4 Å². The third-order valence-electron chi connectivity index (χ3n) is 2.81. The van der Waals surface area contributed by atoms with Crippen LogP contribution in [-0.4, -0.2) is 7.11 Å². The van der Waals surface area contributed by atoms with Gasteiger partial charge in [-0.2, -0.15) is 0 Å². The smallest absolute Gasteiger partial charge is 0.124 e. The second-order valence-electron chi connectivity index (χ2n) is 3.88. The van der Waals surface area contributed by atoms with Crippen molar-refractivity contribution in [2.75, 3.05) is 7.11 Å². The fourth-order valence-electron chi connectivity index (χ4n) is 1.83. The predicted molar refractivity (Wildman–Crippen MR) is 72.7 cm³/mol. The van der Waals surface area contributed by atoms with E-state index in [0.717, 1.165) is 17.7 Å². The molecule has 0 aliphatic rings. The van der Waals surface area contributed by atoms with Gasteiger partial charge in [-0.05, 0) is 24.6 Å². The number of rotatable bonds is 4. The Balaban J connectivity index is 2.32. The van der Waals surface area contributed by atoms with Crippen LogP contribution in [0.3, 0.4) is 0 Å². The Hall–Kier alpha value is -1.32. The van der Waals surface area contributed by atoms with Crippen molar-refractivity contribution < 1.29 is 4.74 Å². The Morgan fingerprint density at radius 1 is 1.24 bits per heavy atom. The zero-order chi connectivity index (χ0) is 12.3. The van der Waals surface area contributed by atoms with Gasteiger partial charge in [0.25, 0.3) is 0 Å². The summed E-state index contributed by atoms with van der Waals surface area (Å²) in [6.45, 7) is 2.16. The number of aryl methyl sites for hydroxylation is 1. The molecule has 2 N–H and O–H groups in total. The van der Waals surface area contributed by atoms with Crippen molar-refractivity contribution in [3.63, 3.8) is 0 Å². The van der Waals surface area contributed by atoms with Crippen molar-refractivity contribution in [1.82, 2.24) is 0 Å². The van der Waals surface area contributed by atoms with Crippen LogP contribution in [0.2, 0.25) is 0 Å². The van der Waals surface area contributed by atoms with Crippen LogP contribution in [-0.2, 0) is 6.42 Å². The fourth-order valence-corrected chi connectivity index (χ4v) is 2.80. The highest BCUT2D eigenvalue weighted by molar-refractivity contribution is 7.12. The van der Waals surface area contributed by atoms with Crippen molar-refractivity contribution in [3.05, 3.63) is 51.7 Å². The van der Waals surface area contributed by atoms with Crippen molar-refractivity contribution in [3.8, 4) is 5.75 Å². The van der Waals surface area contributed by atoms with Crippen molar-refractivity contribution in [2.24, 2.45) is 5.73 Å². The fraction of sp³-hybridized carbons (Fsp3) is 0.286. The second-order valence-corrected chi connectivity index (χ2v) is 5.08. The Bertz CT molecular complexity index is 492. The van der Waals surface area contributed by atoms with E-state index in [-0.39, 0.29) is 6.04 Å². The normalized spacial score (nSPS) is 12.4. The Kier molecular flexibility index (Phi) is 3.82. The molecular weight excluding hydrogens is 230 g/mol. The minimum atomic E-state index is -0.101. The van der Waals surface area contributed by atoms with E-state index >= 15 is 0 Å². The molecule has 1 heterocycles. The van der Waals surface area contributed by atoms with Gasteiger partial charge in [-0.15, -0.1) is 11.3 Å². The van der Waals surface area contributed by atoms with E-state index in [4.69, 9.17) is 10.5 Å². The maximum atomic E-state index is 6.29. The standard InChI is InChI=1S/C14H17NOS/c1-3-10-8-9-13(17-10)14(15)11-6-4-5-7-12(11)16-2/h4-9,14H,3,15H2,1-2H3. The Labute approximate surface area is 106 Å². The summed E-state index contributed by atoms with van der Waals surface area (Å²) in [5, 5.41) is 0. The first-order valence-corrected chi connectivity index (χ1v) is 6.55. The number of thiophene rings is 1. The molecule has 1 aromatic heterocycles. The highest BCUT2D eigenvalue weighted by atomic mass is 32.1. The van der Waals surface area contributed by atoms with Crippen LogP contribution < -0.4 is 10.5 Å². The van der Waals surface area contributed by atoms with Crippen LogP contribution in [0.15, 0.2) is 36.4 Å². The number of hydrogen-bond donors (Lipinski definition) is 1. The number of methoxy groups -OCH3 is 1. The van der Waals surface area contributed by atoms with Gasteiger partial charge in [-0.25, -0.2) is 0 Å². The van der Waals surface area contributed by atoms with Crippen molar-refractivity contribution >= 4 is 11.3 Å². The van der Waals surface area contributed by atoms with Gasteiger partial charge in [0.2, 0.25) is 0 Å². The summed E-state index contributed by atoms with van der Waals surface area (Å²) >= 11 is 1.77. The Morgan fingerprint density at radius 3 is 2.65 bits per heavy atom. The van der Waals surface area contributed by atoms with Gasteiger partial charge in [0, 0.05) is 15.3 Å². The molecule has 1 aromatic carbocycles. The van der Waals surface area contributed by atoms with Crippen LogP contribution in [0.25, 0.3) is 0 Å². The van der Waals surface area contributed by atoms with E-state index in [1.165, 1.54) is 9.75 Å². The zero-order valence-corrected chi connectivity index (χ0v) is 11.0. The summed E-state index contributed by atoms with van der Waals surface area (Å²) in [7, 11) is 1.68. The predicted octanol–water partition coefficient (Wildman–Crippen LogP) is 3.37. The molecule has 0 radical (unpaired) electrons. The van der Waals surface area contributed by atoms with Crippen LogP contribution in [0.1, 0.15) is 28.3 Å². The number of hydrogen-bond acceptors (Lipinski definition) is 3. The summed E-state index contributed by atoms with van der Waals surface area (Å²) in [6, 6.07) is 12.1. The average Bonchev–Trinajstić information content (AvgIpc) is 2.86. The lowest BCUT2D eigenvalue weighted by molar-refractivity contribution is 0.408. The average molecular weight is 247 g/mol. The molecule has 0 saturated heterocycles. The third-order valence-corrected chi connectivity index (χ3v) is 4.12. The van der Waals surface area contributed by atoms with Gasteiger partial charge in [0.05, 0.1) is 13.2 Å². The highest BCUT2D eigenvalue weighted by Crippen LogP contribution is 2.31. The lowest BCUT2D eigenvalue weighted by atomic mass is 10.1. The van der Waals surface area contributed by atoms with Gasteiger partial charge < -0.3 is 10.5 Å². The molecule has 0 saturated carbocycles. The lowest BCUT2D eigenvalue weighted by Crippen LogP contribution is -2.11. The first-order chi connectivity index (χ1) is 8.26. The van der Waals surface area contributed by atoms with E-state index in [2.05, 4.69) is 19.1 Å². The van der Waals surface area contributed by atoms with Gasteiger partial charge in [0.15, 0.2) is 0 Å². The second kappa shape index (κ2) is 5.34. The summed E-state index contributed by atoms with van der Waals surface area (Å²) in [4.78, 5) is 2.55. The third kappa shape index (κ3) is 2.51. The van der Waals surface area contributed by atoms with E-state index in [9.17, 15) is 0 Å². The molecule has 0 amide bonds. The SMILES string of the molecule is CCc1ccc(C(N)c2ccccc2OC)s1. The molecular formula is C14H17NOS. The quantitative estimate of drug-likeness (QED) is 0.899. The molecule has 0 aliphatic carbocycles. The molecule has 17 heavy (non-hydrogen) atoms. The van der Waals surface area contributed by atoms with E-state index in [1.54, 1.807) is 18.4 Å². The number of nitrogens with two attached hydrogens (primary N) is 1. The number of ether oxygens (including phenoxy) is 1. The zero-order valence-electron chi connectivity index (χ0n) is 10.1. The number of para-hydroxylation sites is 1.